The van der Waals surface area contributed by atoms with Crippen molar-refractivity contribution in [2.24, 2.45) is 28.6 Å². The van der Waals surface area contributed by atoms with E-state index in [0.29, 0.717) is 23.7 Å². The fourth-order valence-corrected chi connectivity index (χ4v) is 6.69. The summed E-state index contributed by atoms with van der Waals surface area (Å²) in [4.78, 5) is 0. The van der Waals surface area contributed by atoms with Gasteiger partial charge in [0.2, 0.25) is 0 Å². The summed E-state index contributed by atoms with van der Waals surface area (Å²) >= 11 is 0. The molecule has 0 saturated heterocycles. The highest BCUT2D eigenvalue weighted by atomic mass is 16.5. The lowest BCUT2D eigenvalue weighted by Crippen LogP contribution is -2.54. The molecule has 3 fully saturated rings. The van der Waals surface area contributed by atoms with Gasteiger partial charge in [0.05, 0.1) is 0 Å². The van der Waals surface area contributed by atoms with Crippen molar-refractivity contribution in [2.45, 2.75) is 77.4 Å². The number of aliphatic hydroxyl groups is 2. The number of allylic oxidation sites excluding steroid dienone is 2. The van der Waals surface area contributed by atoms with Crippen LogP contribution in [-0.2, 0) is 0 Å². The van der Waals surface area contributed by atoms with E-state index in [-0.39, 0.29) is 5.41 Å². The Kier molecular flexibility index (Phi) is 2.96. The first-order valence-corrected chi connectivity index (χ1v) is 9.03. The van der Waals surface area contributed by atoms with Gasteiger partial charge in [-0.2, -0.15) is 0 Å². The lowest BCUT2D eigenvalue weighted by atomic mass is 9.48. The van der Waals surface area contributed by atoms with Crippen molar-refractivity contribution in [1.29, 1.82) is 0 Å². The molecule has 0 amide bonds. The molecule has 0 radical (unpaired) electrons. The summed E-state index contributed by atoms with van der Waals surface area (Å²) in [6, 6.07) is 0. The van der Waals surface area contributed by atoms with Gasteiger partial charge in [-0.15, -0.1) is 0 Å². The van der Waals surface area contributed by atoms with Gasteiger partial charge in [0.15, 0.2) is 5.79 Å². The molecule has 2 heteroatoms. The highest BCUT2D eigenvalue weighted by Crippen LogP contribution is 2.66. The van der Waals surface area contributed by atoms with Crippen molar-refractivity contribution in [2.75, 3.05) is 0 Å². The minimum atomic E-state index is -1.43. The Morgan fingerprint density at radius 3 is 2.57 bits per heavy atom. The molecular formula is C19H30O2. The van der Waals surface area contributed by atoms with Crippen LogP contribution in [-0.4, -0.2) is 16.0 Å². The van der Waals surface area contributed by atoms with Gasteiger partial charge in [-0.1, -0.05) is 31.9 Å². The van der Waals surface area contributed by atoms with Gasteiger partial charge >= 0.3 is 0 Å². The van der Waals surface area contributed by atoms with Crippen LogP contribution in [0.4, 0.5) is 0 Å². The molecule has 118 valence electrons. The lowest BCUT2D eigenvalue weighted by molar-refractivity contribution is -0.246. The van der Waals surface area contributed by atoms with E-state index in [2.05, 4.69) is 19.9 Å². The highest BCUT2D eigenvalue weighted by Gasteiger charge is 2.63. The average Bonchev–Trinajstić information content (AvgIpc) is 2.69. The molecule has 2 N–H and O–H groups in total. The lowest BCUT2D eigenvalue weighted by Gasteiger charge is -2.57. The average molecular weight is 290 g/mol. The summed E-state index contributed by atoms with van der Waals surface area (Å²) in [6.07, 6.45) is 12.9. The fraction of sp³-hybridized carbons (Fsp3) is 0.895. The molecule has 0 aromatic carbocycles. The fourth-order valence-electron chi connectivity index (χ4n) is 6.69. The zero-order chi connectivity index (χ0) is 14.9. The molecule has 0 unspecified atom stereocenters. The molecular weight excluding hydrogens is 260 g/mol. The smallest absolute Gasteiger partial charge is 0.168 e. The van der Waals surface area contributed by atoms with E-state index >= 15 is 0 Å². The third kappa shape index (κ3) is 1.72. The molecule has 5 atom stereocenters. The maximum atomic E-state index is 10.5. The second-order valence-corrected chi connectivity index (χ2v) is 8.78. The molecule has 0 spiro atoms. The Bertz CT molecular complexity index is 480. The van der Waals surface area contributed by atoms with Gasteiger partial charge in [0.25, 0.3) is 0 Å². The van der Waals surface area contributed by atoms with Crippen LogP contribution in [0.1, 0.15) is 71.6 Å². The summed E-state index contributed by atoms with van der Waals surface area (Å²) in [7, 11) is 0. The second-order valence-electron chi connectivity index (χ2n) is 8.78. The van der Waals surface area contributed by atoms with E-state index in [1.54, 1.807) is 5.57 Å². The van der Waals surface area contributed by atoms with Crippen molar-refractivity contribution in [1.82, 2.24) is 0 Å². The van der Waals surface area contributed by atoms with Crippen LogP contribution in [0.15, 0.2) is 11.6 Å². The van der Waals surface area contributed by atoms with Crippen LogP contribution in [0.2, 0.25) is 0 Å². The Balaban J connectivity index is 1.71. The normalized spacial score (nSPS) is 51.6. The van der Waals surface area contributed by atoms with Gasteiger partial charge in [-0.25, -0.2) is 0 Å². The van der Waals surface area contributed by atoms with Crippen LogP contribution < -0.4 is 0 Å². The summed E-state index contributed by atoms with van der Waals surface area (Å²) < 4.78 is 0. The number of fused-ring (bicyclic) bond motifs is 5. The van der Waals surface area contributed by atoms with Crippen LogP contribution in [0.25, 0.3) is 0 Å². The number of hydrogen-bond donors (Lipinski definition) is 2. The van der Waals surface area contributed by atoms with Crippen LogP contribution in [0, 0.1) is 28.6 Å². The van der Waals surface area contributed by atoms with Gasteiger partial charge < -0.3 is 10.2 Å². The minimum Gasteiger partial charge on any atom is -0.365 e. The van der Waals surface area contributed by atoms with Gasteiger partial charge in [-0.3, -0.25) is 0 Å². The quantitative estimate of drug-likeness (QED) is 0.522. The van der Waals surface area contributed by atoms with E-state index in [1.807, 2.05) is 0 Å². The zero-order valence-electron chi connectivity index (χ0n) is 13.6. The van der Waals surface area contributed by atoms with Crippen molar-refractivity contribution in [3.63, 3.8) is 0 Å². The predicted octanol–water partition coefficient (Wildman–Crippen LogP) is 4.02. The van der Waals surface area contributed by atoms with Crippen LogP contribution >= 0.6 is 0 Å². The molecule has 0 bridgehead atoms. The highest BCUT2D eigenvalue weighted by molar-refractivity contribution is 5.24. The molecule has 2 nitrogen and oxygen atoms in total. The summed E-state index contributed by atoms with van der Waals surface area (Å²) in [5, 5.41) is 21.0. The summed E-state index contributed by atoms with van der Waals surface area (Å²) in [5.41, 5.74) is 1.87. The Morgan fingerprint density at radius 1 is 1.00 bits per heavy atom. The Morgan fingerprint density at radius 2 is 1.76 bits per heavy atom. The third-order valence-corrected chi connectivity index (χ3v) is 8.13. The maximum absolute atomic E-state index is 10.5. The third-order valence-electron chi connectivity index (χ3n) is 8.13. The minimum absolute atomic E-state index is 0.273. The molecule has 0 aromatic heterocycles. The summed E-state index contributed by atoms with van der Waals surface area (Å²) in [6.45, 7) is 4.65. The molecule has 21 heavy (non-hydrogen) atoms. The predicted molar refractivity (Wildman–Crippen MR) is 83.5 cm³/mol. The molecule has 3 saturated carbocycles. The van der Waals surface area contributed by atoms with Gasteiger partial charge in [0, 0.05) is 11.8 Å². The molecule has 0 heterocycles. The van der Waals surface area contributed by atoms with Crippen molar-refractivity contribution in [3.05, 3.63) is 11.6 Å². The van der Waals surface area contributed by atoms with Gasteiger partial charge in [-0.05, 0) is 68.1 Å². The van der Waals surface area contributed by atoms with E-state index in [9.17, 15) is 10.2 Å². The second kappa shape index (κ2) is 4.35. The Hall–Kier alpha value is -0.340. The molecule has 0 aromatic rings. The topological polar surface area (TPSA) is 40.5 Å². The van der Waals surface area contributed by atoms with Crippen molar-refractivity contribution < 1.29 is 10.2 Å². The van der Waals surface area contributed by atoms with E-state index in [0.717, 1.165) is 18.8 Å². The molecule has 0 aliphatic heterocycles. The molecule has 4 aliphatic carbocycles. The van der Waals surface area contributed by atoms with Crippen LogP contribution in [0.3, 0.4) is 0 Å². The van der Waals surface area contributed by atoms with Crippen LogP contribution in [0.5, 0.6) is 0 Å². The number of hydrogen-bond acceptors (Lipinski definition) is 2. The molecule has 4 aliphatic rings. The Labute approximate surface area is 128 Å². The van der Waals surface area contributed by atoms with E-state index in [4.69, 9.17) is 0 Å². The van der Waals surface area contributed by atoms with Gasteiger partial charge in [0.1, 0.15) is 0 Å². The maximum Gasteiger partial charge on any atom is 0.168 e. The largest absolute Gasteiger partial charge is 0.365 e. The standard InChI is InChI=1S/C19H30O2/c1-17-10-4-3-5-13(17)6-7-14-15(17)8-11-18(2)16(14)9-12-19(18,20)21/h6,14-16,20-21H,3-5,7-12H2,1-2H3/t14-,15-,16+,17+,18+/m1/s1. The van der Waals surface area contributed by atoms with E-state index in [1.165, 1.54) is 38.5 Å². The SMILES string of the molecule is C[C@]12CCCCC1=CC[C@@H]1[C@H]2CC[C@@]2(C)[C@H]1CCC2(O)O. The monoisotopic (exact) mass is 290 g/mol. The first kappa shape index (κ1) is 14.3. The van der Waals surface area contributed by atoms with Crippen molar-refractivity contribution >= 4 is 0 Å². The number of rotatable bonds is 0. The molecule has 4 rings (SSSR count). The summed E-state index contributed by atoms with van der Waals surface area (Å²) in [5.74, 6) is 0.532. The van der Waals surface area contributed by atoms with Crippen molar-refractivity contribution in [3.8, 4) is 0 Å². The first-order valence-electron chi connectivity index (χ1n) is 9.03. The zero-order valence-corrected chi connectivity index (χ0v) is 13.6. The van der Waals surface area contributed by atoms with E-state index < -0.39 is 5.79 Å². The first-order chi connectivity index (χ1) is 9.88.